The van der Waals surface area contributed by atoms with E-state index in [4.69, 9.17) is 5.73 Å². The molecule has 3 rings (SSSR count). The van der Waals surface area contributed by atoms with E-state index in [9.17, 15) is 4.79 Å². The summed E-state index contributed by atoms with van der Waals surface area (Å²) < 4.78 is 0. The smallest absolute Gasteiger partial charge is 0.269 e. The first kappa shape index (κ1) is 9.72. The summed E-state index contributed by atoms with van der Waals surface area (Å²) in [5, 5.41) is 11.4. The predicted octanol–water partition coefficient (Wildman–Crippen LogP) is 1.88. The Labute approximate surface area is 97.1 Å². The number of primary amides is 1. The van der Waals surface area contributed by atoms with Crippen LogP contribution in [-0.2, 0) is 0 Å². The molecule has 0 spiro atoms. The molecule has 0 unspecified atom stereocenters. The van der Waals surface area contributed by atoms with Crippen molar-refractivity contribution in [2.75, 3.05) is 0 Å². The number of aromatic nitrogens is 2. The zero-order valence-corrected chi connectivity index (χ0v) is 8.92. The molecule has 82 valence electrons. The maximum Gasteiger partial charge on any atom is 0.269 e. The van der Waals surface area contributed by atoms with Crippen molar-refractivity contribution in [3.63, 3.8) is 0 Å². The molecule has 0 aliphatic rings. The normalized spacial score (nSPS) is 10.8. The molecule has 0 aliphatic heterocycles. The summed E-state index contributed by atoms with van der Waals surface area (Å²) in [4.78, 5) is 11.3. The standard InChI is InChI=1S/C13H9N3O/c14-13(17)12-10-6-5-8-3-1-2-4-9(8)11(10)7-15-16-12/h1-7H,(H2,14,17). The number of carbonyl (C=O) groups excluding carboxylic acids is 1. The zero-order valence-electron chi connectivity index (χ0n) is 8.92. The first-order valence-corrected chi connectivity index (χ1v) is 5.20. The molecule has 0 fully saturated rings. The molecule has 2 N–H and O–H groups in total. The number of hydrogen-bond acceptors (Lipinski definition) is 3. The number of carbonyl (C=O) groups is 1. The largest absolute Gasteiger partial charge is 0.364 e. The first-order valence-electron chi connectivity index (χ1n) is 5.20. The van der Waals surface area contributed by atoms with Crippen molar-refractivity contribution < 1.29 is 4.79 Å². The quantitative estimate of drug-likeness (QED) is 0.640. The average Bonchev–Trinajstić information content (AvgIpc) is 2.37. The molecule has 3 aromatic rings. The number of benzene rings is 2. The third-order valence-electron chi connectivity index (χ3n) is 2.80. The molecular weight excluding hydrogens is 214 g/mol. The topological polar surface area (TPSA) is 68.9 Å². The van der Waals surface area contributed by atoms with Crippen LogP contribution in [0.15, 0.2) is 42.6 Å². The molecule has 0 aliphatic carbocycles. The van der Waals surface area contributed by atoms with Gasteiger partial charge in [-0.15, -0.1) is 5.10 Å². The van der Waals surface area contributed by atoms with Gasteiger partial charge in [0.2, 0.25) is 0 Å². The van der Waals surface area contributed by atoms with Gasteiger partial charge in [-0.25, -0.2) is 0 Å². The lowest BCUT2D eigenvalue weighted by Crippen LogP contribution is -2.14. The maximum absolute atomic E-state index is 11.3. The van der Waals surface area contributed by atoms with Gasteiger partial charge in [-0.05, 0) is 10.8 Å². The molecule has 4 heteroatoms. The zero-order chi connectivity index (χ0) is 11.8. The monoisotopic (exact) mass is 223 g/mol. The maximum atomic E-state index is 11.3. The second-order valence-corrected chi connectivity index (χ2v) is 3.81. The summed E-state index contributed by atoms with van der Waals surface area (Å²) in [5.41, 5.74) is 5.50. The SMILES string of the molecule is NC(=O)c1nncc2c1ccc1ccccc12. The number of amides is 1. The van der Waals surface area contributed by atoms with Crippen LogP contribution in [0.2, 0.25) is 0 Å². The molecule has 0 saturated carbocycles. The number of hydrogen-bond donors (Lipinski definition) is 1. The molecule has 2 aromatic carbocycles. The minimum atomic E-state index is -0.557. The number of nitrogens with two attached hydrogens (primary N) is 1. The van der Waals surface area contributed by atoms with Gasteiger partial charge in [0, 0.05) is 10.8 Å². The highest BCUT2D eigenvalue weighted by Gasteiger charge is 2.10. The molecule has 1 aromatic heterocycles. The van der Waals surface area contributed by atoms with E-state index >= 15 is 0 Å². The van der Waals surface area contributed by atoms with E-state index in [-0.39, 0.29) is 5.69 Å². The third kappa shape index (κ3) is 1.42. The van der Waals surface area contributed by atoms with E-state index in [2.05, 4.69) is 10.2 Å². The molecule has 4 nitrogen and oxygen atoms in total. The van der Waals surface area contributed by atoms with E-state index < -0.39 is 5.91 Å². The highest BCUT2D eigenvalue weighted by molar-refractivity contribution is 6.13. The summed E-state index contributed by atoms with van der Waals surface area (Å²) in [5.74, 6) is -0.557. The second kappa shape index (κ2) is 3.52. The summed E-state index contributed by atoms with van der Waals surface area (Å²) >= 11 is 0. The Hall–Kier alpha value is -2.49. The van der Waals surface area contributed by atoms with E-state index in [1.54, 1.807) is 6.20 Å². The Morgan fingerprint density at radius 2 is 1.82 bits per heavy atom. The highest BCUT2D eigenvalue weighted by Crippen LogP contribution is 2.25. The van der Waals surface area contributed by atoms with E-state index in [0.29, 0.717) is 0 Å². The van der Waals surface area contributed by atoms with Gasteiger partial charge in [-0.2, -0.15) is 5.10 Å². The summed E-state index contributed by atoms with van der Waals surface area (Å²) in [6.45, 7) is 0. The van der Waals surface area contributed by atoms with Crippen molar-refractivity contribution in [3.05, 3.63) is 48.3 Å². The van der Waals surface area contributed by atoms with Crippen LogP contribution < -0.4 is 5.73 Å². The molecule has 0 bridgehead atoms. The fraction of sp³-hybridized carbons (Fsp3) is 0. The van der Waals surface area contributed by atoms with Crippen molar-refractivity contribution in [2.24, 2.45) is 5.73 Å². The second-order valence-electron chi connectivity index (χ2n) is 3.81. The Bertz CT molecular complexity index is 737. The van der Waals surface area contributed by atoms with Gasteiger partial charge in [0.25, 0.3) is 5.91 Å². The summed E-state index contributed by atoms with van der Waals surface area (Å²) in [7, 11) is 0. The molecule has 1 heterocycles. The van der Waals surface area contributed by atoms with Crippen molar-refractivity contribution >= 4 is 27.5 Å². The van der Waals surface area contributed by atoms with Gasteiger partial charge in [0.1, 0.15) is 0 Å². The van der Waals surface area contributed by atoms with Gasteiger partial charge < -0.3 is 5.73 Å². The van der Waals surface area contributed by atoms with Crippen LogP contribution in [-0.4, -0.2) is 16.1 Å². The van der Waals surface area contributed by atoms with Crippen LogP contribution in [0.25, 0.3) is 21.5 Å². The highest BCUT2D eigenvalue weighted by atomic mass is 16.1. The minimum absolute atomic E-state index is 0.216. The van der Waals surface area contributed by atoms with Gasteiger partial charge in [-0.1, -0.05) is 36.4 Å². The van der Waals surface area contributed by atoms with Gasteiger partial charge >= 0.3 is 0 Å². The van der Waals surface area contributed by atoms with E-state index in [0.717, 1.165) is 21.5 Å². The van der Waals surface area contributed by atoms with Gasteiger partial charge in [-0.3, -0.25) is 4.79 Å². The molecule has 0 radical (unpaired) electrons. The van der Waals surface area contributed by atoms with Crippen molar-refractivity contribution in [1.82, 2.24) is 10.2 Å². The number of rotatable bonds is 1. The summed E-state index contributed by atoms with van der Waals surface area (Å²) in [6.07, 6.45) is 1.66. The molecule has 0 atom stereocenters. The first-order chi connectivity index (χ1) is 8.27. The van der Waals surface area contributed by atoms with Crippen molar-refractivity contribution in [3.8, 4) is 0 Å². The molecular formula is C13H9N3O. The molecule has 0 saturated heterocycles. The molecule has 17 heavy (non-hydrogen) atoms. The molecule has 1 amide bonds. The van der Waals surface area contributed by atoms with Crippen molar-refractivity contribution in [2.45, 2.75) is 0 Å². The van der Waals surface area contributed by atoms with Crippen LogP contribution in [0.4, 0.5) is 0 Å². The van der Waals surface area contributed by atoms with Gasteiger partial charge in [0.05, 0.1) is 6.20 Å². The van der Waals surface area contributed by atoms with Crippen LogP contribution in [0, 0.1) is 0 Å². The van der Waals surface area contributed by atoms with E-state index in [1.807, 2.05) is 36.4 Å². The van der Waals surface area contributed by atoms with Crippen LogP contribution >= 0.6 is 0 Å². The van der Waals surface area contributed by atoms with Crippen LogP contribution in [0.3, 0.4) is 0 Å². The van der Waals surface area contributed by atoms with Crippen molar-refractivity contribution in [1.29, 1.82) is 0 Å². The fourth-order valence-corrected chi connectivity index (χ4v) is 2.02. The number of nitrogens with zero attached hydrogens (tertiary/aromatic N) is 2. The lowest BCUT2D eigenvalue weighted by atomic mass is 10.0. The third-order valence-corrected chi connectivity index (χ3v) is 2.80. The average molecular weight is 223 g/mol. The Balaban J connectivity index is 2.52. The van der Waals surface area contributed by atoms with Crippen LogP contribution in [0.5, 0.6) is 0 Å². The Morgan fingerprint density at radius 3 is 2.65 bits per heavy atom. The Kier molecular flexibility index (Phi) is 2.01. The van der Waals surface area contributed by atoms with E-state index in [1.165, 1.54) is 0 Å². The van der Waals surface area contributed by atoms with Gasteiger partial charge in [0.15, 0.2) is 5.69 Å². The number of fused-ring (bicyclic) bond motifs is 3. The predicted molar refractivity (Wildman–Crippen MR) is 65.6 cm³/mol. The Morgan fingerprint density at radius 1 is 1.00 bits per heavy atom. The fourth-order valence-electron chi connectivity index (χ4n) is 2.02. The minimum Gasteiger partial charge on any atom is -0.364 e. The lowest BCUT2D eigenvalue weighted by molar-refractivity contribution is 0.0996. The summed E-state index contributed by atoms with van der Waals surface area (Å²) in [6, 6.07) is 11.7. The lowest BCUT2D eigenvalue weighted by Gasteiger charge is -2.04. The van der Waals surface area contributed by atoms with Crippen LogP contribution in [0.1, 0.15) is 10.5 Å².